The van der Waals surface area contributed by atoms with Gasteiger partial charge in [-0.2, -0.15) is 0 Å². The van der Waals surface area contributed by atoms with Crippen molar-refractivity contribution in [2.24, 2.45) is 4.99 Å². The number of carbonyl (C=O) groups excluding carboxylic acids is 1. The SMILES string of the molecule is CCOC(=O)C1=C(c2ccccc2)N=c2s/c(=C\c3cc(Br)c(OCc4ccc(Cl)cc4)c(OC)c3)c(=O)n2[C@H]1c1ccc(OC)c(OC)c1. The molecule has 9 nitrogen and oxygen atoms in total. The molecule has 0 amide bonds. The van der Waals surface area contributed by atoms with Crippen molar-refractivity contribution in [1.82, 2.24) is 4.57 Å². The molecule has 256 valence electrons. The molecule has 6 rings (SSSR count). The fourth-order valence-electron chi connectivity index (χ4n) is 5.63. The molecule has 0 unspecified atom stereocenters. The van der Waals surface area contributed by atoms with Gasteiger partial charge in [0, 0.05) is 10.6 Å². The standard InChI is InChI=1S/C38H32BrClN2O7S/c1-5-48-37(44)32-33(24-9-7-6-8-10-24)41-38-42(34(32)25-13-16-28(45-2)29(20-25)46-3)36(43)31(50-38)19-23-17-27(39)35(30(18-23)47-4)49-21-22-11-14-26(40)15-12-22/h6-20,34H,5,21H2,1-4H3/b31-19-/t34-/m0/s1. The van der Waals surface area contributed by atoms with Gasteiger partial charge in [-0.15, -0.1) is 0 Å². The van der Waals surface area contributed by atoms with Crippen LogP contribution in [0.25, 0.3) is 11.8 Å². The van der Waals surface area contributed by atoms with Crippen molar-refractivity contribution in [2.45, 2.75) is 19.6 Å². The van der Waals surface area contributed by atoms with Gasteiger partial charge in [-0.3, -0.25) is 9.36 Å². The molecule has 0 fully saturated rings. The van der Waals surface area contributed by atoms with E-state index in [1.807, 2.05) is 48.5 Å². The molecule has 4 aromatic carbocycles. The van der Waals surface area contributed by atoms with Crippen LogP contribution in [0.2, 0.25) is 5.02 Å². The number of methoxy groups -OCH3 is 3. The quantitative estimate of drug-likeness (QED) is 0.134. The Morgan fingerprint density at radius 1 is 0.940 bits per heavy atom. The highest BCUT2D eigenvalue weighted by molar-refractivity contribution is 9.10. The molecule has 0 N–H and O–H groups in total. The number of hydrogen-bond acceptors (Lipinski definition) is 9. The normalized spacial score (nSPS) is 14.1. The lowest BCUT2D eigenvalue weighted by atomic mass is 9.93. The highest BCUT2D eigenvalue weighted by Crippen LogP contribution is 2.39. The van der Waals surface area contributed by atoms with E-state index in [2.05, 4.69) is 15.9 Å². The Hall–Kier alpha value is -4.84. The monoisotopic (exact) mass is 774 g/mol. The third-order valence-corrected chi connectivity index (χ3v) is 9.77. The fourth-order valence-corrected chi connectivity index (χ4v) is 7.33. The van der Waals surface area contributed by atoms with Crippen LogP contribution in [0.15, 0.2) is 105 Å². The highest BCUT2D eigenvalue weighted by atomic mass is 79.9. The van der Waals surface area contributed by atoms with Gasteiger partial charge in [0.2, 0.25) is 0 Å². The number of esters is 1. The second kappa shape index (κ2) is 15.4. The lowest BCUT2D eigenvalue weighted by molar-refractivity contribution is -0.138. The van der Waals surface area contributed by atoms with Gasteiger partial charge in [0.05, 0.1) is 54.3 Å². The summed E-state index contributed by atoms with van der Waals surface area (Å²) in [4.78, 5) is 33.6. The van der Waals surface area contributed by atoms with Crippen molar-refractivity contribution in [3.05, 3.63) is 142 Å². The largest absolute Gasteiger partial charge is 0.493 e. The first-order valence-corrected chi connectivity index (χ1v) is 17.5. The van der Waals surface area contributed by atoms with Crippen molar-refractivity contribution >= 4 is 56.6 Å². The first-order valence-electron chi connectivity index (χ1n) is 15.5. The van der Waals surface area contributed by atoms with Crippen molar-refractivity contribution in [2.75, 3.05) is 27.9 Å². The maximum Gasteiger partial charge on any atom is 0.338 e. The summed E-state index contributed by atoms with van der Waals surface area (Å²) in [6.07, 6.45) is 1.77. The number of benzene rings is 4. The van der Waals surface area contributed by atoms with E-state index in [9.17, 15) is 9.59 Å². The molecule has 2 heterocycles. The van der Waals surface area contributed by atoms with E-state index in [4.69, 9.17) is 40.3 Å². The van der Waals surface area contributed by atoms with Gasteiger partial charge < -0.3 is 23.7 Å². The van der Waals surface area contributed by atoms with Crippen LogP contribution in [0, 0.1) is 0 Å². The maximum absolute atomic E-state index is 14.4. The minimum atomic E-state index is -0.882. The van der Waals surface area contributed by atoms with Crippen LogP contribution >= 0.6 is 38.9 Å². The Morgan fingerprint density at radius 2 is 1.66 bits per heavy atom. The van der Waals surface area contributed by atoms with Crippen LogP contribution < -0.4 is 33.8 Å². The third-order valence-electron chi connectivity index (χ3n) is 7.94. The molecule has 0 bridgehead atoms. The summed E-state index contributed by atoms with van der Waals surface area (Å²) in [5.41, 5.74) is 3.28. The molecule has 1 atom stereocenters. The summed E-state index contributed by atoms with van der Waals surface area (Å²) < 4.78 is 31.0. The minimum Gasteiger partial charge on any atom is -0.493 e. The fraction of sp³-hybridized carbons (Fsp3) is 0.184. The van der Waals surface area contributed by atoms with Crippen molar-refractivity contribution in [3.63, 3.8) is 0 Å². The molecule has 0 saturated carbocycles. The van der Waals surface area contributed by atoms with E-state index in [1.54, 1.807) is 63.6 Å². The van der Waals surface area contributed by atoms with E-state index in [0.717, 1.165) is 5.56 Å². The van der Waals surface area contributed by atoms with Gasteiger partial charge in [0.1, 0.15) is 6.61 Å². The molecule has 1 aliphatic rings. The summed E-state index contributed by atoms with van der Waals surface area (Å²) >= 11 is 10.9. The Kier molecular flexibility index (Phi) is 10.8. The Morgan fingerprint density at radius 3 is 2.34 bits per heavy atom. The number of nitrogens with zero attached hydrogens (tertiary/aromatic N) is 2. The molecule has 0 aliphatic carbocycles. The Bertz CT molecular complexity index is 2270. The average Bonchev–Trinajstić information content (AvgIpc) is 3.44. The maximum atomic E-state index is 14.4. The molecule has 50 heavy (non-hydrogen) atoms. The number of rotatable bonds is 11. The Balaban J connectivity index is 1.51. The summed E-state index contributed by atoms with van der Waals surface area (Å²) in [5, 5.41) is 0.644. The molecule has 0 spiro atoms. The van der Waals surface area contributed by atoms with Crippen molar-refractivity contribution in [3.8, 4) is 23.0 Å². The van der Waals surface area contributed by atoms with E-state index >= 15 is 0 Å². The average molecular weight is 776 g/mol. The number of ether oxygens (including phenoxy) is 5. The van der Waals surface area contributed by atoms with Gasteiger partial charge in [-0.1, -0.05) is 71.5 Å². The van der Waals surface area contributed by atoms with Crippen LogP contribution in [0.3, 0.4) is 0 Å². The first-order chi connectivity index (χ1) is 24.3. The zero-order valence-electron chi connectivity index (χ0n) is 27.6. The number of hydrogen-bond donors (Lipinski definition) is 0. The van der Waals surface area contributed by atoms with Gasteiger partial charge in [0.15, 0.2) is 27.8 Å². The molecular weight excluding hydrogens is 744 g/mol. The van der Waals surface area contributed by atoms with Crippen LogP contribution in [0.1, 0.15) is 35.2 Å². The van der Waals surface area contributed by atoms with E-state index in [0.29, 0.717) is 70.8 Å². The molecule has 1 aliphatic heterocycles. The highest BCUT2D eigenvalue weighted by Gasteiger charge is 2.35. The number of aromatic nitrogens is 1. The number of fused-ring (bicyclic) bond motifs is 1. The van der Waals surface area contributed by atoms with E-state index in [1.165, 1.54) is 23.0 Å². The molecule has 12 heteroatoms. The molecular formula is C38H32BrClN2O7S. The second-order valence-corrected chi connectivity index (χ2v) is 13.3. The predicted octanol–water partition coefficient (Wildman–Crippen LogP) is 6.96. The third kappa shape index (κ3) is 7.07. The van der Waals surface area contributed by atoms with Crippen LogP contribution in [-0.2, 0) is 16.1 Å². The van der Waals surface area contributed by atoms with Gasteiger partial charge >= 0.3 is 5.97 Å². The summed E-state index contributed by atoms with van der Waals surface area (Å²) in [6.45, 7) is 2.18. The predicted molar refractivity (Wildman–Crippen MR) is 197 cm³/mol. The topological polar surface area (TPSA) is 97.6 Å². The van der Waals surface area contributed by atoms with Crippen LogP contribution in [-0.4, -0.2) is 38.5 Å². The zero-order chi connectivity index (χ0) is 35.4. The summed E-state index contributed by atoms with van der Waals surface area (Å²) in [5.74, 6) is 1.37. The summed E-state index contributed by atoms with van der Waals surface area (Å²) in [6, 6.07) is 24.8. The number of thiazole rings is 1. The minimum absolute atomic E-state index is 0.142. The lowest BCUT2D eigenvalue weighted by Gasteiger charge is -2.26. The molecule has 0 saturated heterocycles. The second-order valence-electron chi connectivity index (χ2n) is 11.0. The van der Waals surface area contributed by atoms with Gasteiger partial charge in [-0.25, -0.2) is 9.79 Å². The number of halogens is 2. The molecule has 1 aromatic heterocycles. The van der Waals surface area contributed by atoms with Crippen molar-refractivity contribution < 1.29 is 28.5 Å². The molecule has 5 aromatic rings. The Labute approximate surface area is 305 Å². The van der Waals surface area contributed by atoms with Crippen LogP contribution in [0.4, 0.5) is 0 Å². The van der Waals surface area contributed by atoms with E-state index in [-0.39, 0.29) is 17.7 Å². The smallest absolute Gasteiger partial charge is 0.338 e. The summed E-state index contributed by atoms with van der Waals surface area (Å²) in [7, 11) is 4.63. The van der Waals surface area contributed by atoms with Crippen molar-refractivity contribution in [1.29, 1.82) is 0 Å². The number of carbonyl (C=O) groups is 1. The molecule has 0 radical (unpaired) electrons. The van der Waals surface area contributed by atoms with Gasteiger partial charge in [-0.05, 0) is 82.0 Å². The van der Waals surface area contributed by atoms with Gasteiger partial charge in [0.25, 0.3) is 5.56 Å². The zero-order valence-corrected chi connectivity index (χ0v) is 30.7. The first kappa shape index (κ1) is 35.0. The lowest BCUT2D eigenvalue weighted by Crippen LogP contribution is -2.40. The van der Waals surface area contributed by atoms with Crippen LogP contribution in [0.5, 0.6) is 23.0 Å². The van der Waals surface area contributed by atoms with E-state index < -0.39 is 12.0 Å².